The summed E-state index contributed by atoms with van der Waals surface area (Å²) in [4.78, 5) is 38.9. The molecule has 3 rings (SSSR count). The number of carbonyl (C=O) groups excluding carboxylic acids is 1. The molecule has 0 amide bonds. The average molecular weight is 577 g/mol. The minimum atomic E-state index is -4.10. The fraction of sp³-hybridized carbons (Fsp3) is 0.500. The Labute approximate surface area is 218 Å². The highest BCUT2D eigenvalue weighted by molar-refractivity contribution is 7.86. The van der Waals surface area contributed by atoms with E-state index in [1.807, 2.05) is 0 Å². The second-order valence-corrected chi connectivity index (χ2v) is 12.1. The van der Waals surface area contributed by atoms with Crippen LogP contribution in [0.5, 0.6) is 0 Å². The van der Waals surface area contributed by atoms with Crippen LogP contribution in [0.4, 0.5) is 0 Å². The Kier molecular flexibility index (Phi) is 8.95. The monoisotopic (exact) mass is 576 g/mol. The van der Waals surface area contributed by atoms with E-state index in [0.29, 0.717) is 5.56 Å². The fourth-order valence-electron chi connectivity index (χ4n) is 3.82. The Bertz CT molecular complexity index is 1450. The molecule has 1 saturated heterocycles. The first-order valence-electron chi connectivity index (χ1n) is 11.1. The Hall–Kier alpha value is -2.89. The van der Waals surface area contributed by atoms with Crippen LogP contribution in [0, 0.1) is 6.92 Å². The molecule has 0 radical (unpaired) electrons. The molecule has 2 aromatic rings. The number of carbonyl (C=O) groups is 1. The zero-order chi connectivity index (χ0) is 28.3. The number of aromatic amines is 1. The molecular weight excluding hydrogens is 548 g/mol. The van der Waals surface area contributed by atoms with Crippen LogP contribution in [0.15, 0.2) is 46.1 Å². The lowest BCUT2D eigenvalue weighted by atomic mass is 9.96. The smallest absolute Gasteiger partial charge is 0.330 e. The standard InChI is InChI=1S/C22H28N2O12S2/c1-14-10-24(21(27)23-19(14)26)20-17(35-15(2)25)18(32-11-16-8-6-5-7-9-16)22(36-20,12-33-37(3,28)29)13-34-38(4,30)31/h5-10,17-18,20H,11-13H2,1-4H3,(H,23,26,27)/t17-,18+,20+/m1/s1. The number of esters is 1. The lowest BCUT2D eigenvalue weighted by Crippen LogP contribution is -2.53. The zero-order valence-electron chi connectivity index (χ0n) is 21.0. The van der Waals surface area contributed by atoms with Gasteiger partial charge in [0.25, 0.3) is 25.8 Å². The van der Waals surface area contributed by atoms with Crippen LogP contribution in [-0.2, 0) is 54.2 Å². The molecule has 0 saturated carbocycles. The number of rotatable bonds is 11. The van der Waals surface area contributed by atoms with Crippen molar-refractivity contribution in [2.24, 2.45) is 0 Å². The van der Waals surface area contributed by atoms with Crippen molar-refractivity contribution in [1.29, 1.82) is 0 Å². The highest BCUT2D eigenvalue weighted by atomic mass is 32.2. The molecule has 0 unspecified atom stereocenters. The lowest BCUT2D eigenvalue weighted by molar-refractivity contribution is -0.159. The lowest BCUT2D eigenvalue weighted by Gasteiger charge is -2.33. The van der Waals surface area contributed by atoms with Gasteiger partial charge in [0.15, 0.2) is 17.9 Å². The van der Waals surface area contributed by atoms with Crippen molar-refractivity contribution in [2.75, 3.05) is 25.7 Å². The summed E-state index contributed by atoms with van der Waals surface area (Å²) in [7, 11) is -8.20. The first kappa shape index (κ1) is 29.7. The molecule has 1 aromatic carbocycles. The summed E-state index contributed by atoms with van der Waals surface area (Å²) in [6.45, 7) is 0.740. The molecule has 1 fully saturated rings. The van der Waals surface area contributed by atoms with Crippen molar-refractivity contribution in [3.8, 4) is 0 Å². The normalized spacial score (nSPS) is 21.3. The minimum Gasteiger partial charge on any atom is -0.455 e. The van der Waals surface area contributed by atoms with Gasteiger partial charge in [-0.05, 0) is 12.5 Å². The van der Waals surface area contributed by atoms with E-state index < -0.39 is 74.7 Å². The van der Waals surface area contributed by atoms with Gasteiger partial charge >= 0.3 is 11.7 Å². The van der Waals surface area contributed by atoms with Gasteiger partial charge < -0.3 is 14.2 Å². The predicted molar refractivity (Wildman–Crippen MR) is 131 cm³/mol. The molecule has 2 heterocycles. The molecule has 1 aliphatic heterocycles. The van der Waals surface area contributed by atoms with Crippen LogP contribution in [-0.4, -0.2) is 75.9 Å². The van der Waals surface area contributed by atoms with E-state index >= 15 is 0 Å². The van der Waals surface area contributed by atoms with Gasteiger partial charge in [-0.25, -0.2) is 4.79 Å². The van der Waals surface area contributed by atoms with Gasteiger partial charge in [-0.2, -0.15) is 16.8 Å². The first-order valence-corrected chi connectivity index (χ1v) is 14.7. The Balaban J connectivity index is 2.18. The fourth-order valence-corrected chi connectivity index (χ4v) is 4.65. The van der Waals surface area contributed by atoms with Crippen LogP contribution >= 0.6 is 0 Å². The molecule has 3 atom stereocenters. The molecule has 14 nitrogen and oxygen atoms in total. The van der Waals surface area contributed by atoms with Gasteiger partial charge in [0.05, 0.1) is 19.1 Å². The van der Waals surface area contributed by atoms with Crippen molar-refractivity contribution >= 4 is 26.2 Å². The van der Waals surface area contributed by atoms with E-state index in [4.69, 9.17) is 22.6 Å². The largest absolute Gasteiger partial charge is 0.455 e. The summed E-state index contributed by atoms with van der Waals surface area (Å²) >= 11 is 0. The maximum atomic E-state index is 12.7. The van der Waals surface area contributed by atoms with E-state index in [0.717, 1.165) is 30.2 Å². The van der Waals surface area contributed by atoms with Crippen LogP contribution in [0.2, 0.25) is 0 Å². The van der Waals surface area contributed by atoms with Crippen molar-refractivity contribution < 1.29 is 44.2 Å². The number of aryl methyl sites for hydroxylation is 1. The molecule has 0 spiro atoms. The minimum absolute atomic E-state index is 0.105. The Morgan fingerprint density at radius 1 is 1.05 bits per heavy atom. The summed E-state index contributed by atoms with van der Waals surface area (Å²) < 4.78 is 76.1. The second-order valence-electron chi connectivity index (χ2n) is 8.78. The number of hydrogen-bond acceptors (Lipinski definition) is 12. The Morgan fingerprint density at radius 2 is 1.63 bits per heavy atom. The molecule has 1 aromatic heterocycles. The predicted octanol–water partition coefficient (Wildman–Crippen LogP) is -0.418. The Morgan fingerprint density at radius 3 is 2.16 bits per heavy atom. The number of aromatic nitrogens is 2. The van der Waals surface area contributed by atoms with E-state index in [1.165, 1.54) is 6.92 Å². The number of hydrogen-bond donors (Lipinski definition) is 1. The first-order chi connectivity index (χ1) is 17.6. The molecule has 0 bridgehead atoms. The van der Waals surface area contributed by atoms with Gasteiger partial charge in [0, 0.05) is 18.7 Å². The summed E-state index contributed by atoms with van der Waals surface area (Å²) in [6.07, 6.45) is -1.67. The van der Waals surface area contributed by atoms with E-state index in [1.54, 1.807) is 30.3 Å². The zero-order valence-corrected chi connectivity index (χ0v) is 22.6. The topological polar surface area (TPSA) is 186 Å². The van der Waals surface area contributed by atoms with Crippen molar-refractivity contribution in [3.05, 3.63) is 68.5 Å². The summed E-state index contributed by atoms with van der Waals surface area (Å²) in [5, 5.41) is 0. The van der Waals surface area contributed by atoms with Gasteiger partial charge in [-0.3, -0.25) is 27.5 Å². The van der Waals surface area contributed by atoms with Crippen LogP contribution in [0.3, 0.4) is 0 Å². The third-order valence-electron chi connectivity index (χ3n) is 5.48. The quantitative estimate of drug-likeness (QED) is 0.269. The highest BCUT2D eigenvalue weighted by Crippen LogP contribution is 2.42. The van der Waals surface area contributed by atoms with Crippen molar-refractivity contribution in [2.45, 2.75) is 44.5 Å². The summed E-state index contributed by atoms with van der Waals surface area (Å²) in [5.41, 5.74) is -2.87. The van der Waals surface area contributed by atoms with Crippen LogP contribution in [0.1, 0.15) is 24.3 Å². The van der Waals surface area contributed by atoms with E-state index in [-0.39, 0.29) is 12.2 Å². The maximum Gasteiger partial charge on any atom is 0.330 e. The van der Waals surface area contributed by atoms with Gasteiger partial charge in [-0.1, -0.05) is 30.3 Å². The molecular formula is C22H28N2O12S2. The van der Waals surface area contributed by atoms with E-state index in [2.05, 4.69) is 4.98 Å². The third-order valence-corrected chi connectivity index (χ3v) is 6.57. The summed E-state index contributed by atoms with van der Waals surface area (Å²) in [6, 6.07) is 8.71. The van der Waals surface area contributed by atoms with Gasteiger partial charge in [0.2, 0.25) is 0 Å². The van der Waals surface area contributed by atoms with Crippen LogP contribution < -0.4 is 11.2 Å². The molecule has 16 heteroatoms. The highest BCUT2D eigenvalue weighted by Gasteiger charge is 2.60. The average Bonchev–Trinajstić information content (AvgIpc) is 3.10. The number of benzene rings is 1. The number of H-pyrrole nitrogens is 1. The SMILES string of the molecule is CC(=O)O[C@H]1[C@@H](n2cc(C)c(=O)[nH]c2=O)OC(COS(C)(=O)=O)(COS(C)(=O)=O)[C@H]1OCc1ccccc1. The van der Waals surface area contributed by atoms with Crippen molar-refractivity contribution in [3.63, 3.8) is 0 Å². The summed E-state index contributed by atoms with van der Waals surface area (Å²) in [5.74, 6) is -0.810. The van der Waals surface area contributed by atoms with Crippen LogP contribution in [0.25, 0.3) is 0 Å². The third kappa shape index (κ3) is 7.58. The molecule has 1 N–H and O–H groups in total. The maximum absolute atomic E-state index is 12.7. The van der Waals surface area contributed by atoms with Crippen molar-refractivity contribution in [1.82, 2.24) is 9.55 Å². The molecule has 210 valence electrons. The molecule has 38 heavy (non-hydrogen) atoms. The van der Waals surface area contributed by atoms with Gasteiger partial charge in [0.1, 0.15) is 19.3 Å². The number of nitrogens with one attached hydrogen (secondary N) is 1. The van der Waals surface area contributed by atoms with E-state index in [9.17, 15) is 31.2 Å². The second kappa shape index (κ2) is 11.5. The van der Waals surface area contributed by atoms with Gasteiger partial charge in [-0.15, -0.1) is 0 Å². The molecule has 1 aliphatic rings. The molecule has 0 aliphatic carbocycles. The number of ether oxygens (including phenoxy) is 3. The number of nitrogens with zero attached hydrogens (tertiary/aromatic N) is 1.